The van der Waals surface area contributed by atoms with Gasteiger partial charge < -0.3 is 24.3 Å². The molecule has 54 heavy (non-hydrogen) atoms. The van der Waals surface area contributed by atoms with Crippen molar-refractivity contribution in [2.45, 2.75) is 74.3 Å². The van der Waals surface area contributed by atoms with Crippen molar-refractivity contribution in [3.05, 3.63) is 101 Å². The number of aromatic amines is 1. The molecule has 3 aromatic carbocycles. The fourth-order valence-electron chi connectivity index (χ4n) is 7.66. The van der Waals surface area contributed by atoms with Crippen LogP contribution in [0.1, 0.15) is 73.0 Å². The van der Waals surface area contributed by atoms with Crippen molar-refractivity contribution >= 4 is 49.3 Å². The number of aromatic nitrogens is 1. The van der Waals surface area contributed by atoms with E-state index in [9.17, 15) is 31.9 Å². The van der Waals surface area contributed by atoms with Gasteiger partial charge in [-0.1, -0.05) is 78.9 Å². The summed E-state index contributed by atoms with van der Waals surface area (Å²) < 4.78 is 50.4. The Bertz CT molecular complexity index is 2090. The lowest BCUT2D eigenvalue weighted by molar-refractivity contribution is -0.134. The summed E-state index contributed by atoms with van der Waals surface area (Å²) in [5.41, 5.74) is 5.28. The van der Waals surface area contributed by atoms with Gasteiger partial charge in [0.25, 0.3) is 0 Å². The SMILES string of the molecule is CCN(CC)C(=O)[C@@H]1C=C2c3cccc4[nH]cc(c34)C[C@H]2N(C)C1.COc1cccc(CS(=O)(=O)c2ccccc2)c1C(=O)O.O=S([O-])C1CCCCC1. The number of amides is 1. The van der Waals surface area contributed by atoms with Crippen molar-refractivity contribution in [3.8, 4) is 5.75 Å². The highest BCUT2D eigenvalue weighted by Gasteiger charge is 2.36. The van der Waals surface area contributed by atoms with Crippen LogP contribution in [0, 0.1) is 5.92 Å². The summed E-state index contributed by atoms with van der Waals surface area (Å²) in [4.78, 5) is 32.1. The number of carbonyl (C=O) groups is 2. The molecule has 3 atom stereocenters. The highest BCUT2D eigenvalue weighted by Crippen LogP contribution is 2.41. The van der Waals surface area contributed by atoms with Gasteiger partial charge in [0.15, 0.2) is 9.84 Å². The molecule has 0 spiro atoms. The summed E-state index contributed by atoms with van der Waals surface area (Å²) in [6.45, 7) is 6.47. The Labute approximate surface area is 320 Å². The number of carboxylic acids is 1. The molecule has 0 bridgehead atoms. The predicted molar refractivity (Wildman–Crippen MR) is 211 cm³/mol. The molecule has 1 amide bonds. The summed E-state index contributed by atoms with van der Waals surface area (Å²) in [7, 11) is -0.118. The average molecular weight is 777 g/mol. The number of hydrogen-bond donors (Lipinski definition) is 2. The summed E-state index contributed by atoms with van der Waals surface area (Å²) in [6, 6.07) is 19.3. The second-order valence-corrected chi connectivity index (χ2v) is 17.0. The van der Waals surface area contributed by atoms with Gasteiger partial charge in [0.2, 0.25) is 5.91 Å². The number of sulfone groups is 1. The highest BCUT2D eigenvalue weighted by atomic mass is 32.2. The van der Waals surface area contributed by atoms with Crippen molar-refractivity contribution in [3.63, 3.8) is 0 Å². The van der Waals surface area contributed by atoms with E-state index >= 15 is 0 Å². The monoisotopic (exact) mass is 776 g/mol. The topological polar surface area (TPSA) is 160 Å². The first kappa shape index (κ1) is 40.9. The number of fused-ring (bicyclic) bond motifs is 2. The van der Waals surface area contributed by atoms with Gasteiger partial charge in [-0.05, 0) is 86.7 Å². The zero-order valence-electron chi connectivity index (χ0n) is 31.3. The number of ether oxygens (including phenoxy) is 1. The van der Waals surface area contributed by atoms with Crippen LogP contribution in [-0.4, -0.2) is 94.0 Å². The quantitative estimate of drug-likeness (QED) is 0.182. The van der Waals surface area contributed by atoms with Crippen molar-refractivity contribution in [1.29, 1.82) is 0 Å². The number of likely N-dealkylation sites (N-methyl/N-ethyl adjacent to an activating group) is 1. The van der Waals surface area contributed by atoms with Gasteiger partial charge in [-0.3, -0.25) is 13.9 Å². The van der Waals surface area contributed by atoms with Crippen LogP contribution < -0.4 is 4.74 Å². The Morgan fingerprint density at radius 3 is 2.30 bits per heavy atom. The third-order valence-corrected chi connectivity index (χ3v) is 13.2. The third kappa shape index (κ3) is 9.31. The standard InChI is InChI=1S/C20H25N3O.C15H14O5S.C6H12O2S/c1-4-23(5-2)20(24)14-9-16-15-7-6-8-17-19(15)13(11-21-17)10-18(16)22(3)12-14;1-20-13-9-5-6-11(14(13)15(16)17)10-21(18,19)12-7-3-2-4-8-12;7-9(8)6-4-2-1-3-5-6/h6-9,11,14,18,21H,4-5,10,12H2,1-3H3;2-9H,10H2,1H3,(H,16,17);6H,1-5H2,(H,7,8)/p-1/t14-,18-;;/m1../s1. The van der Waals surface area contributed by atoms with E-state index in [-0.39, 0.29) is 38.8 Å². The number of nitrogens with zero attached hydrogens (tertiary/aromatic N) is 2. The van der Waals surface area contributed by atoms with E-state index in [4.69, 9.17) is 4.74 Å². The molecule has 13 heteroatoms. The van der Waals surface area contributed by atoms with Crippen molar-refractivity contribution < 1.29 is 36.6 Å². The zero-order chi connectivity index (χ0) is 39.0. The van der Waals surface area contributed by atoms with Crippen LogP contribution in [0.4, 0.5) is 0 Å². The number of hydrogen-bond acceptors (Lipinski definition) is 8. The number of methoxy groups -OCH3 is 1. The Kier molecular flexibility index (Phi) is 13.9. The molecule has 2 aliphatic carbocycles. The predicted octanol–water partition coefficient (Wildman–Crippen LogP) is 6.47. The molecule has 1 unspecified atom stereocenters. The number of aromatic carboxylic acids is 1. The van der Waals surface area contributed by atoms with Crippen LogP contribution in [0.25, 0.3) is 16.5 Å². The van der Waals surface area contributed by atoms with Gasteiger partial charge in [0, 0.05) is 48.0 Å². The van der Waals surface area contributed by atoms with Gasteiger partial charge in [0.1, 0.15) is 11.3 Å². The average Bonchev–Trinajstić information content (AvgIpc) is 3.60. The number of nitrogens with one attached hydrogen (secondary N) is 1. The number of carboxylic acid groups (broad SMARTS) is 1. The minimum atomic E-state index is -3.61. The van der Waals surface area contributed by atoms with Gasteiger partial charge in [-0.2, -0.15) is 0 Å². The number of H-pyrrole nitrogens is 1. The number of rotatable bonds is 9. The maximum absolute atomic E-state index is 12.9. The van der Waals surface area contributed by atoms with E-state index in [0.717, 1.165) is 51.7 Å². The summed E-state index contributed by atoms with van der Waals surface area (Å²) in [6.07, 6.45) is 10.6. The van der Waals surface area contributed by atoms with Gasteiger partial charge in [-0.25, -0.2) is 13.2 Å². The first-order chi connectivity index (χ1) is 25.9. The maximum Gasteiger partial charge on any atom is 0.339 e. The van der Waals surface area contributed by atoms with Crippen molar-refractivity contribution in [1.82, 2.24) is 14.8 Å². The van der Waals surface area contributed by atoms with E-state index in [0.29, 0.717) is 6.04 Å². The summed E-state index contributed by atoms with van der Waals surface area (Å²) in [5.74, 6) is -1.26. The molecular formula is C41H50N3O8S2-. The fraction of sp³-hybridized carbons (Fsp3) is 0.415. The normalized spacial score (nSPS) is 18.9. The minimum absolute atomic E-state index is 0.0289. The van der Waals surface area contributed by atoms with Crippen LogP contribution in [0.15, 0.2) is 83.9 Å². The minimum Gasteiger partial charge on any atom is -0.772 e. The van der Waals surface area contributed by atoms with Crippen LogP contribution in [0.2, 0.25) is 0 Å². The third-order valence-electron chi connectivity index (χ3n) is 10.5. The number of carbonyl (C=O) groups excluding carboxylic acids is 1. The molecule has 1 saturated carbocycles. The van der Waals surface area contributed by atoms with E-state index in [1.807, 2.05) is 4.90 Å². The molecule has 7 rings (SSSR count). The molecular weight excluding hydrogens is 727 g/mol. The molecule has 1 aliphatic heterocycles. The van der Waals surface area contributed by atoms with E-state index in [1.165, 1.54) is 65.4 Å². The van der Waals surface area contributed by atoms with Gasteiger partial charge in [-0.15, -0.1) is 0 Å². The Balaban J connectivity index is 0.000000171. The summed E-state index contributed by atoms with van der Waals surface area (Å²) in [5, 5.41) is 10.6. The number of benzene rings is 3. The Morgan fingerprint density at radius 1 is 1.00 bits per heavy atom. The lowest BCUT2D eigenvalue weighted by Crippen LogP contribution is -2.47. The lowest BCUT2D eigenvalue weighted by atomic mass is 9.79. The summed E-state index contributed by atoms with van der Waals surface area (Å²) >= 11 is -1.80. The molecule has 0 radical (unpaired) electrons. The lowest BCUT2D eigenvalue weighted by Gasteiger charge is -2.40. The van der Waals surface area contributed by atoms with Crippen LogP contribution in [0.3, 0.4) is 0 Å². The van der Waals surface area contributed by atoms with Gasteiger partial charge >= 0.3 is 5.97 Å². The largest absolute Gasteiger partial charge is 0.772 e. The molecule has 1 aromatic heterocycles. The molecule has 2 heterocycles. The Morgan fingerprint density at radius 2 is 1.69 bits per heavy atom. The van der Waals surface area contributed by atoms with Crippen LogP contribution >= 0.6 is 0 Å². The second kappa shape index (κ2) is 18.4. The molecule has 11 nitrogen and oxygen atoms in total. The molecule has 2 N–H and O–H groups in total. The van der Waals surface area contributed by atoms with Crippen molar-refractivity contribution in [2.24, 2.45) is 5.92 Å². The fourth-order valence-corrected chi connectivity index (χ4v) is 9.77. The van der Waals surface area contributed by atoms with Crippen LogP contribution in [0.5, 0.6) is 5.75 Å². The van der Waals surface area contributed by atoms with E-state index in [1.54, 1.807) is 24.3 Å². The van der Waals surface area contributed by atoms with Crippen LogP contribution in [-0.2, 0) is 37.9 Å². The smallest absolute Gasteiger partial charge is 0.339 e. The first-order valence-electron chi connectivity index (χ1n) is 18.4. The molecule has 0 saturated heterocycles. The van der Waals surface area contributed by atoms with Gasteiger partial charge in [0.05, 0.1) is 23.7 Å². The molecule has 290 valence electrons. The van der Waals surface area contributed by atoms with E-state index < -0.39 is 32.6 Å². The molecule has 4 aromatic rings. The van der Waals surface area contributed by atoms with E-state index in [2.05, 4.69) is 61.3 Å². The highest BCUT2D eigenvalue weighted by molar-refractivity contribution is 7.90. The Hall–Kier alpha value is -4.30. The first-order valence-corrected chi connectivity index (χ1v) is 21.2. The molecule has 1 fully saturated rings. The second-order valence-electron chi connectivity index (χ2n) is 13.8. The maximum atomic E-state index is 12.9. The molecule has 3 aliphatic rings. The van der Waals surface area contributed by atoms with Crippen molar-refractivity contribution in [2.75, 3.05) is 33.8 Å². The zero-order valence-corrected chi connectivity index (χ0v) is 33.0.